The summed E-state index contributed by atoms with van der Waals surface area (Å²) in [7, 11) is -3.57. The van der Waals surface area contributed by atoms with Gasteiger partial charge in [0.2, 0.25) is 10.0 Å². The largest absolute Gasteiger partial charge is 0.326 e. The van der Waals surface area contributed by atoms with Gasteiger partial charge in [-0.25, -0.2) is 18.6 Å². The number of carbonyl (C=O) groups excluding carboxylic acids is 2. The molecule has 1 aliphatic carbocycles. The number of hydroxylamine groups is 1. The van der Waals surface area contributed by atoms with Gasteiger partial charge in [0.05, 0.1) is 23.9 Å². The molecular formula is C29H30Cl2N4O5S. The van der Waals surface area contributed by atoms with Gasteiger partial charge in [-0.2, -0.15) is 0 Å². The van der Waals surface area contributed by atoms with Gasteiger partial charge in [0.15, 0.2) is 0 Å². The Labute approximate surface area is 249 Å². The molecule has 0 spiro atoms. The van der Waals surface area contributed by atoms with E-state index < -0.39 is 40.0 Å². The molecule has 2 amide bonds. The lowest BCUT2D eigenvalue weighted by atomic mass is 9.76. The molecule has 0 unspecified atom stereocenters. The molecule has 1 aromatic heterocycles. The van der Waals surface area contributed by atoms with Crippen LogP contribution in [-0.4, -0.2) is 48.5 Å². The molecule has 4 atom stereocenters. The van der Waals surface area contributed by atoms with Crippen molar-refractivity contribution in [3.05, 3.63) is 99.3 Å². The Hall–Kier alpha value is -3.02. The molecule has 1 fully saturated rings. The van der Waals surface area contributed by atoms with Crippen molar-refractivity contribution in [2.24, 2.45) is 0 Å². The molecule has 1 saturated carbocycles. The third kappa shape index (κ3) is 6.57. The molecule has 0 bridgehead atoms. The van der Waals surface area contributed by atoms with Gasteiger partial charge in [-0.05, 0) is 54.3 Å². The molecule has 3 aromatic rings. The molecule has 2 heterocycles. The third-order valence-corrected chi connectivity index (χ3v) is 8.80. The summed E-state index contributed by atoms with van der Waals surface area (Å²) in [4.78, 5) is 39.7. The number of fused-ring (bicyclic) bond motifs is 1. The maximum absolute atomic E-state index is 14.3. The first-order valence-corrected chi connectivity index (χ1v) is 15.9. The minimum Gasteiger partial charge on any atom is -0.326 e. The molecule has 2 N–H and O–H groups in total. The number of benzene rings is 2. The number of halogens is 2. The van der Waals surface area contributed by atoms with Crippen LogP contribution in [0, 0.1) is 0 Å². The molecule has 9 nitrogen and oxygen atoms in total. The second kappa shape index (κ2) is 12.5. The van der Waals surface area contributed by atoms with E-state index in [1.807, 2.05) is 6.07 Å². The van der Waals surface area contributed by atoms with Crippen LogP contribution in [0.5, 0.6) is 0 Å². The highest BCUT2D eigenvalue weighted by Gasteiger charge is 2.49. The zero-order valence-corrected chi connectivity index (χ0v) is 24.6. The highest BCUT2D eigenvalue weighted by molar-refractivity contribution is 7.88. The standard InChI is InChI=1S/C29H30Cl2N4O5S/c1-41(38,39)34-24-11-4-5-12-25(24)35-27(22-14-13-18(30)16-23(22)31)26(20-9-2-3-10-21(20)29(35)37)28(36)33-40-17-19-8-6-7-15-32-19/h2-3,6-10,13-16,24-27,34H,4-5,11-12,17H2,1H3,(H,33,36)/t24-,25-,26+,27-/m1/s1. The SMILES string of the molecule is CS(=O)(=O)N[C@@H]1CCCC[C@H]1N1C(=O)c2ccccc2[C@H](C(=O)NOCc2ccccn2)[C@H]1c1ccc(Cl)cc1Cl. The van der Waals surface area contributed by atoms with Gasteiger partial charge in [-0.1, -0.05) is 66.4 Å². The fourth-order valence-electron chi connectivity index (χ4n) is 5.86. The number of nitrogens with zero attached hydrogens (tertiary/aromatic N) is 2. The first kappa shape index (κ1) is 29.5. The predicted molar refractivity (Wildman–Crippen MR) is 156 cm³/mol. The zero-order chi connectivity index (χ0) is 29.1. The molecule has 12 heteroatoms. The first-order valence-electron chi connectivity index (χ1n) is 13.3. The van der Waals surface area contributed by atoms with Crippen LogP contribution in [0.2, 0.25) is 10.0 Å². The summed E-state index contributed by atoms with van der Waals surface area (Å²) >= 11 is 13.0. The Morgan fingerprint density at radius 2 is 1.80 bits per heavy atom. The van der Waals surface area contributed by atoms with Gasteiger partial charge in [0.1, 0.15) is 6.61 Å². The first-order chi connectivity index (χ1) is 19.6. The van der Waals surface area contributed by atoms with Crippen molar-refractivity contribution < 1.29 is 22.8 Å². The molecule has 0 radical (unpaired) electrons. The van der Waals surface area contributed by atoms with Gasteiger partial charge in [-0.3, -0.25) is 19.4 Å². The van der Waals surface area contributed by atoms with E-state index in [4.69, 9.17) is 28.0 Å². The van der Waals surface area contributed by atoms with Crippen LogP contribution in [0.25, 0.3) is 0 Å². The fraction of sp³-hybridized carbons (Fsp3) is 0.345. The number of pyridine rings is 1. The van der Waals surface area contributed by atoms with Gasteiger partial charge in [-0.15, -0.1) is 0 Å². The number of carbonyl (C=O) groups is 2. The monoisotopic (exact) mass is 616 g/mol. The zero-order valence-electron chi connectivity index (χ0n) is 22.3. The lowest BCUT2D eigenvalue weighted by Gasteiger charge is -2.49. The lowest BCUT2D eigenvalue weighted by molar-refractivity contribution is -0.138. The smallest absolute Gasteiger partial charge is 0.255 e. The number of hydrogen-bond acceptors (Lipinski definition) is 6. The van der Waals surface area contributed by atoms with Crippen LogP contribution in [-0.2, 0) is 26.3 Å². The van der Waals surface area contributed by atoms with E-state index >= 15 is 0 Å². The number of nitrogens with one attached hydrogen (secondary N) is 2. The van der Waals surface area contributed by atoms with E-state index in [0.717, 1.165) is 19.1 Å². The van der Waals surface area contributed by atoms with Gasteiger partial charge in [0, 0.05) is 33.9 Å². The van der Waals surface area contributed by atoms with Crippen molar-refractivity contribution in [3.63, 3.8) is 0 Å². The van der Waals surface area contributed by atoms with Crippen LogP contribution in [0.1, 0.15) is 64.8 Å². The summed E-state index contributed by atoms with van der Waals surface area (Å²) in [5.41, 5.74) is 4.59. The summed E-state index contributed by atoms with van der Waals surface area (Å²) in [5, 5.41) is 0.692. The summed E-state index contributed by atoms with van der Waals surface area (Å²) in [6.07, 6.45) is 5.44. The Bertz CT molecular complexity index is 1540. The Morgan fingerprint density at radius 3 is 2.54 bits per heavy atom. The molecule has 41 heavy (non-hydrogen) atoms. The second-order valence-electron chi connectivity index (χ2n) is 10.3. The van der Waals surface area contributed by atoms with Gasteiger partial charge >= 0.3 is 0 Å². The van der Waals surface area contributed by atoms with Gasteiger partial charge < -0.3 is 4.90 Å². The lowest BCUT2D eigenvalue weighted by Crippen LogP contribution is -2.59. The van der Waals surface area contributed by atoms with E-state index in [1.54, 1.807) is 65.7 Å². The highest BCUT2D eigenvalue weighted by Crippen LogP contribution is 2.47. The van der Waals surface area contributed by atoms with E-state index in [1.165, 1.54) is 0 Å². The molecular weight excluding hydrogens is 587 g/mol. The third-order valence-electron chi connectivity index (χ3n) is 7.51. The molecule has 1 aliphatic heterocycles. The normalized spacial score (nSPS) is 22.7. The van der Waals surface area contributed by atoms with Crippen molar-refractivity contribution in [2.45, 2.75) is 56.3 Å². The van der Waals surface area contributed by atoms with E-state index in [-0.39, 0.29) is 17.5 Å². The minimum atomic E-state index is -3.57. The maximum Gasteiger partial charge on any atom is 0.255 e. The van der Waals surface area contributed by atoms with Crippen LogP contribution < -0.4 is 10.2 Å². The number of aromatic nitrogens is 1. The van der Waals surface area contributed by atoms with Crippen molar-refractivity contribution in [1.29, 1.82) is 0 Å². The van der Waals surface area contributed by atoms with Crippen molar-refractivity contribution in [2.75, 3.05) is 6.26 Å². The van der Waals surface area contributed by atoms with E-state index in [0.29, 0.717) is 40.2 Å². The van der Waals surface area contributed by atoms with Gasteiger partial charge in [0.25, 0.3) is 11.8 Å². The van der Waals surface area contributed by atoms with Crippen LogP contribution >= 0.6 is 23.2 Å². The Morgan fingerprint density at radius 1 is 1.05 bits per heavy atom. The predicted octanol–water partition coefficient (Wildman–Crippen LogP) is 4.78. The van der Waals surface area contributed by atoms with Crippen LogP contribution in [0.4, 0.5) is 0 Å². The molecule has 2 aromatic carbocycles. The van der Waals surface area contributed by atoms with Crippen molar-refractivity contribution >= 4 is 45.0 Å². The van der Waals surface area contributed by atoms with Crippen molar-refractivity contribution in [3.8, 4) is 0 Å². The van der Waals surface area contributed by atoms with Crippen molar-refractivity contribution in [1.82, 2.24) is 20.1 Å². The fourth-order valence-corrected chi connectivity index (χ4v) is 7.20. The average Bonchev–Trinajstić information content (AvgIpc) is 2.93. The molecule has 5 rings (SSSR count). The Kier molecular flexibility index (Phi) is 8.96. The summed E-state index contributed by atoms with van der Waals surface area (Å²) < 4.78 is 27.4. The molecule has 2 aliphatic rings. The second-order valence-corrected chi connectivity index (χ2v) is 12.9. The van der Waals surface area contributed by atoms with E-state index in [2.05, 4.69) is 15.2 Å². The Balaban J connectivity index is 1.60. The molecule has 216 valence electrons. The number of sulfonamides is 1. The quantitative estimate of drug-likeness (QED) is 0.352. The summed E-state index contributed by atoms with van der Waals surface area (Å²) in [6.45, 7) is 0.0406. The number of hydrogen-bond donors (Lipinski definition) is 2. The highest BCUT2D eigenvalue weighted by atomic mass is 35.5. The minimum absolute atomic E-state index is 0.0406. The molecule has 0 saturated heterocycles. The maximum atomic E-state index is 14.3. The van der Waals surface area contributed by atoms with Crippen LogP contribution in [0.3, 0.4) is 0 Å². The van der Waals surface area contributed by atoms with Crippen LogP contribution in [0.15, 0.2) is 66.9 Å². The topological polar surface area (TPSA) is 118 Å². The van der Waals surface area contributed by atoms with E-state index in [9.17, 15) is 18.0 Å². The number of rotatable bonds is 8. The summed E-state index contributed by atoms with van der Waals surface area (Å²) in [6, 6.07) is 15.3. The average molecular weight is 618 g/mol. The summed E-state index contributed by atoms with van der Waals surface area (Å²) in [5.74, 6) is -1.71. The number of amides is 2.